The van der Waals surface area contributed by atoms with Gasteiger partial charge in [-0.25, -0.2) is 12.8 Å². The summed E-state index contributed by atoms with van der Waals surface area (Å²) in [6.07, 6.45) is 0. The molecule has 1 amide bonds. The van der Waals surface area contributed by atoms with Gasteiger partial charge in [-0.3, -0.25) is 9.10 Å². The van der Waals surface area contributed by atoms with E-state index in [0.717, 1.165) is 9.87 Å². The quantitative estimate of drug-likeness (QED) is 0.558. The summed E-state index contributed by atoms with van der Waals surface area (Å²) >= 11 is 0. The zero-order valence-electron chi connectivity index (χ0n) is 17.8. The van der Waals surface area contributed by atoms with Gasteiger partial charge in [0.05, 0.1) is 24.8 Å². The Hall–Kier alpha value is -3.59. The molecule has 0 aliphatic heterocycles. The van der Waals surface area contributed by atoms with Crippen molar-refractivity contribution in [3.8, 4) is 11.5 Å². The Kier molecular flexibility index (Phi) is 6.99. The summed E-state index contributed by atoms with van der Waals surface area (Å²) in [5.41, 5.74) is 1.51. The molecule has 0 unspecified atom stereocenters. The second kappa shape index (κ2) is 9.69. The molecule has 168 valence electrons. The number of ether oxygens (including phenoxy) is 2. The SMILES string of the molecule is COc1ccc(S(=O)(=O)N(C)c2ccc(C(=O)NCc3ccc(F)cc3)cc2)cc1OC. The van der Waals surface area contributed by atoms with Gasteiger partial charge in [0.1, 0.15) is 5.82 Å². The third-order valence-electron chi connectivity index (χ3n) is 4.87. The number of benzene rings is 3. The van der Waals surface area contributed by atoms with Crippen molar-refractivity contribution in [3.63, 3.8) is 0 Å². The fraction of sp³-hybridized carbons (Fsp3) is 0.174. The highest BCUT2D eigenvalue weighted by Crippen LogP contribution is 2.31. The number of methoxy groups -OCH3 is 2. The van der Waals surface area contributed by atoms with Crippen molar-refractivity contribution in [1.82, 2.24) is 5.32 Å². The molecule has 32 heavy (non-hydrogen) atoms. The van der Waals surface area contributed by atoms with Crippen LogP contribution in [0.4, 0.5) is 10.1 Å². The van der Waals surface area contributed by atoms with Crippen LogP contribution in [-0.2, 0) is 16.6 Å². The summed E-state index contributed by atoms with van der Waals surface area (Å²) in [6, 6.07) is 16.3. The third-order valence-corrected chi connectivity index (χ3v) is 6.65. The first-order chi connectivity index (χ1) is 15.3. The van der Waals surface area contributed by atoms with Crippen LogP contribution in [-0.4, -0.2) is 35.6 Å². The number of sulfonamides is 1. The lowest BCUT2D eigenvalue weighted by Gasteiger charge is -2.20. The van der Waals surface area contributed by atoms with Gasteiger partial charge in [0.15, 0.2) is 11.5 Å². The number of hydrogen-bond acceptors (Lipinski definition) is 5. The molecule has 3 rings (SSSR count). The van der Waals surface area contributed by atoms with Gasteiger partial charge in [0.25, 0.3) is 15.9 Å². The molecule has 0 aliphatic rings. The predicted octanol–water partition coefficient (Wildman–Crippen LogP) is 3.60. The van der Waals surface area contributed by atoms with Gasteiger partial charge in [0.2, 0.25) is 0 Å². The molecule has 9 heteroatoms. The summed E-state index contributed by atoms with van der Waals surface area (Å²) in [5.74, 6) is 0.0503. The van der Waals surface area contributed by atoms with Gasteiger partial charge >= 0.3 is 0 Å². The van der Waals surface area contributed by atoms with Crippen molar-refractivity contribution in [2.24, 2.45) is 0 Å². The number of halogens is 1. The molecular weight excluding hydrogens is 435 g/mol. The van der Waals surface area contributed by atoms with E-state index in [9.17, 15) is 17.6 Å². The second-order valence-electron chi connectivity index (χ2n) is 6.85. The van der Waals surface area contributed by atoms with Gasteiger partial charge in [-0.15, -0.1) is 0 Å². The molecule has 0 bridgehead atoms. The number of hydrogen-bond donors (Lipinski definition) is 1. The van der Waals surface area contributed by atoms with Gasteiger partial charge < -0.3 is 14.8 Å². The van der Waals surface area contributed by atoms with E-state index in [4.69, 9.17) is 9.47 Å². The molecule has 0 radical (unpaired) electrons. The highest BCUT2D eigenvalue weighted by Gasteiger charge is 2.23. The van der Waals surface area contributed by atoms with Crippen LogP contribution in [0.15, 0.2) is 71.6 Å². The highest BCUT2D eigenvalue weighted by atomic mass is 32.2. The molecule has 0 fully saturated rings. The first kappa shape index (κ1) is 23.1. The van der Waals surface area contributed by atoms with E-state index < -0.39 is 10.0 Å². The molecular formula is C23H23FN2O5S. The van der Waals surface area contributed by atoms with E-state index in [-0.39, 0.29) is 23.2 Å². The largest absolute Gasteiger partial charge is 0.493 e. The Balaban J connectivity index is 1.73. The molecule has 0 saturated heterocycles. The van der Waals surface area contributed by atoms with Crippen LogP contribution in [0.5, 0.6) is 11.5 Å². The number of amides is 1. The lowest BCUT2D eigenvalue weighted by atomic mass is 10.1. The van der Waals surface area contributed by atoms with E-state index in [0.29, 0.717) is 22.7 Å². The molecule has 0 aromatic heterocycles. The van der Waals surface area contributed by atoms with Gasteiger partial charge in [-0.2, -0.15) is 0 Å². The van der Waals surface area contributed by atoms with Crippen molar-refractivity contribution in [2.45, 2.75) is 11.4 Å². The van der Waals surface area contributed by atoms with E-state index in [1.165, 1.54) is 63.7 Å². The van der Waals surface area contributed by atoms with Crippen LogP contribution in [0.1, 0.15) is 15.9 Å². The van der Waals surface area contributed by atoms with Crippen molar-refractivity contribution in [2.75, 3.05) is 25.6 Å². The molecule has 0 saturated carbocycles. The van der Waals surface area contributed by atoms with E-state index in [1.54, 1.807) is 24.3 Å². The van der Waals surface area contributed by atoms with Crippen LogP contribution in [0.3, 0.4) is 0 Å². The minimum atomic E-state index is -3.87. The smallest absolute Gasteiger partial charge is 0.264 e. The van der Waals surface area contributed by atoms with Crippen LogP contribution < -0.4 is 19.1 Å². The number of anilines is 1. The Morgan fingerprint density at radius 1 is 0.938 bits per heavy atom. The second-order valence-corrected chi connectivity index (χ2v) is 8.81. The normalized spacial score (nSPS) is 11.0. The fourth-order valence-electron chi connectivity index (χ4n) is 2.98. The maximum atomic E-state index is 13.0. The summed E-state index contributed by atoms with van der Waals surface area (Å²) in [7, 11) is 0.457. The number of rotatable bonds is 8. The predicted molar refractivity (Wildman–Crippen MR) is 119 cm³/mol. The lowest BCUT2D eigenvalue weighted by Crippen LogP contribution is -2.27. The van der Waals surface area contributed by atoms with Crippen LogP contribution in [0, 0.1) is 5.82 Å². The Morgan fingerprint density at radius 3 is 2.16 bits per heavy atom. The Labute approximate surface area is 186 Å². The monoisotopic (exact) mass is 458 g/mol. The van der Waals surface area contributed by atoms with Crippen molar-refractivity contribution in [1.29, 1.82) is 0 Å². The summed E-state index contributed by atoms with van der Waals surface area (Å²) in [6.45, 7) is 0.244. The van der Waals surface area contributed by atoms with E-state index in [1.807, 2.05) is 0 Å². The number of carbonyl (C=O) groups is 1. The average molecular weight is 459 g/mol. The first-order valence-corrected chi connectivity index (χ1v) is 11.0. The molecule has 7 nitrogen and oxygen atoms in total. The summed E-state index contributed by atoms with van der Waals surface area (Å²) in [5, 5.41) is 2.74. The van der Waals surface area contributed by atoms with Gasteiger partial charge in [-0.1, -0.05) is 12.1 Å². The van der Waals surface area contributed by atoms with Crippen LogP contribution in [0.2, 0.25) is 0 Å². The maximum Gasteiger partial charge on any atom is 0.264 e. The van der Waals surface area contributed by atoms with Gasteiger partial charge in [-0.05, 0) is 54.1 Å². The zero-order valence-corrected chi connectivity index (χ0v) is 18.6. The number of nitrogens with one attached hydrogen (secondary N) is 1. The number of carbonyl (C=O) groups excluding carboxylic acids is 1. The Morgan fingerprint density at radius 2 is 1.56 bits per heavy atom. The van der Waals surface area contributed by atoms with Gasteiger partial charge in [0, 0.05) is 25.2 Å². The topological polar surface area (TPSA) is 84.9 Å². The fourth-order valence-corrected chi connectivity index (χ4v) is 4.19. The summed E-state index contributed by atoms with van der Waals surface area (Å²) in [4.78, 5) is 12.4. The standard InChI is InChI=1S/C23H23FN2O5S/c1-26(32(28,29)20-12-13-21(30-2)22(14-20)31-3)19-10-6-17(7-11-19)23(27)25-15-16-4-8-18(24)9-5-16/h4-14H,15H2,1-3H3,(H,25,27). The summed E-state index contributed by atoms with van der Waals surface area (Å²) < 4.78 is 50.5. The van der Waals surface area contributed by atoms with E-state index >= 15 is 0 Å². The molecule has 3 aromatic carbocycles. The first-order valence-electron chi connectivity index (χ1n) is 9.60. The maximum absolute atomic E-state index is 13.0. The lowest BCUT2D eigenvalue weighted by molar-refractivity contribution is 0.0951. The minimum absolute atomic E-state index is 0.0405. The minimum Gasteiger partial charge on any atom is -0.493 e. The molecule has 0 heterocycles. The zero-order chi connectivity index (χ0) is 23.3. The highest BCUT2D eigenvalue weighted by molar-refractivity contribution is 7.92. The van der Waals surface area contributed by atoms with Crippen LogP contribution >= 0.6 is 0 Å². The average Bonchev–Trinajstić information content (AvgIpc) is 2.82. The van der Waals surface area contributed by atoms with Crippen LogP contribution in [0.25, 0.3) is 0 Å². The third kappa shape index (κ3) is 5.00. The van der Waals surface area contributed by atoms with Crippen molar-refractivity contribution < 1.29 is 27.1 Å². The molecule has 0 spiro atoms. The molecule has 0 aliphatic carbocycles. The molecule has 1 N–H and O–H groups in total. The van der Waals surface area contributed by atoms with E-state index in [2.05, 4.69) is 5.32 Å². The van der Waals surface area contributed by atoms with Crippen molar-refractivity contribution >= 4 is 21.6 Å². The molecule has 0 atom stereocenters. The van der Waals surface area contributed by atoms with Crippen molar-refractivity contribution in [3.05, 3.63) is 83.7 Å². The number of nitrogens with zero attached hydrogens (tertiary/aromatic N) is 1. The Bertz CT molecular complexity index is 1200. The molecule has 3 aromatic rings.